The lowest BCUT2D eigenvalue weighted by Crippen LogP contribution is -2.14. The molecule has 23 heavy (non-hydrogen) atoms. The van der Waals surface area contributed by atoms with Crippen LogP contribution in [0.3, 0.4) is 0 Å². The van der Waals surface area contributed by atoms with Gasteiger partial charge in [0.25, 0.3) is 5.91 Å². The van der Waals surface area contributed by atoms with Crippen LogP contribution in [0, 0.1) is 0 Å². The molecule has 1 aromatic carbocycles. The first-order valence-corrected chi connectivity index (χ1v) is 7.46. The molecule has 3 rings (SSSR count). The first-order chi connectivity index (χ1) is 11.1. The van der Waals surface area contributed by atoms with Crippen LogP contribution < -0.4 is 10.1 Å². The molecule has 0 aliphatic carbocycles. The van der Waals surface area contributed by atoms with E-state index in [0.717, 1.165) is 16.7 Å². The Morgan fingerprint density at radius 1 is 1.39 bits per heavy atom. The number of anilines is 1. The molecule has 0 saturated carbocycles. The predicted octanol–water partition coefficient (Wildman–Crippen LogP) is 3.37. The Labute approximate surface area is 138 Å². The van der Waals surface area contributed by atoms with Crippen molar-refractivity contribution in [2.45, 2.75) is 13.5 Å². The molecule has 1 amide bonds. The second kappa shape index (κ2) is 6.26. The lowest BCUT2D eigenvalue weighted by molar-refractivity contribution is 0.102. The number of methoxy groups -OCH3 is 1. The largest absolute Gasteiger partial charge is 0.497 e. The minimum Gasteiger partial charge on any atom is -0.497 e. The van der Waals surface area contributed by atoms with E-state index in [-0.39, 0.29) is 11.6 Å². The maximum Gasteiger partial charge on any atom is 0.277 e. The third-order valence-corrected chi connectivity index (χ3v) is 3.68. The molecule has 0 aliphatic heterocycles. The Morgan fingerprint density at radius 2 is 2.22 bits per heavy atom. The molecule has 0 bridgehead atoms. The van der Waals surface area contributed by atoms with Crippen LogP contribution in [0.1, 0.15) is 17.4 Å². The van der Waals surface area contributed by atoms with E-state index in [1.165, 1.54) is 0 Å². The normalized spacial score (nSPS) is 10.7. The molecule has 0 aliphatic rings. The molecule has 0 radical (unpaired) electrons. The maximum atomic E-state index is 12.3. The van der Waals surface area contributed by atoms with E-state index in [9.17, 15) is 4.79 Å². The zero-order valence-corrected chi connectivity index (χ0v) is 13.5. The summed E-state index contributed by atoms with van der Waals surface area (Å²) in [5.41, 5.74) is 1.56. The summed E-state index contributed by atoms with van der Waals surface area (Å²) in [5, 5.41) is 8.13. The second-order valence-electron chi connectivity index (χ2n) is 4.92. The average Bonchev–Trinajstić information content (AvgIpc) is 2.95. The molecule has 6 nitrogen and oxygen atoms in total. The predicted molar refractivity (Wildman–Crippen MR) is 89.2 cm³/mol. The SMILES string of the molecule is CCn1cc(Cl)c(C(=O)Nc2cnc3cc(OC)ccc3c2)n1. The number of carbonyl (C=O) groups is 1. The molecule has 118 valence electrons. The van der Waals surface area contributed by atoms with E-state index in [1.54, 1.807) is 24.2 Å². The minimum absolute atomic E-state index is 0.198. The van der Waals surface area contributed by atoms with Gasteiger partial charge in [0.1, 0.15) is 5.75 Å². The summed E-state index contributed by atoms with van der Waals surface area (Å²) in [6.07, 6.45) is 3.21. The molecule has 0 saturated heterocycles. The molecule has 7 heteroatoms. The lowest BCUT2D eigenvalue weighted by Gasteiger charge is -2.06. The number of benzene rings is 1. The van der Waals surface area contributed by atoms with Gasteiger partial charge in [-0.1, -0.05) is 11.6 Å². The number of aromatic nitrogens is 3. The zero-order valence-electron chi connectivity index (χ0n) is 12.7. The van der Waals surface area contributed by atoms with Gasteiger partial charge in [-0.15, -0.1) is 0 Å². The fraction of sp³-hybridized carbons (Fsp3) is 0.188. The summed E-state index contributed by atoms with van der Waals surface area (Å²) >= 11 is 6.04. The van der Waals surface area contributed by atoms with Gasteiger partial charge in [0.2, 0.25) is 0 Å². The molecule has 2 aromatic heterocycles. The number of ether oxygens (including phenoxy) is 1. The number of carbonyl (C=O) groups excluding carboxylic acids is 1. The molecule has 0 unspecified atom stereocenters. The fourth-order valence-electron chi connectivity index (χ4n) is 2.20. The van der Waals surface area contributed by atoms with Crippen molar-refractivity contribution >= 4 is 34.1 Å². The van der Waals surface area contributed by atoms with Crippen LogP contribution in [0.25, 0.3) is 10.9 Å². The van der Waals surface area contributed by atoms with Gasteiger partial charge >= 0.3 is 0 Å². The number of rotatable bonds is 4. The first-order valence-electron chi connectivity index (χ1n) is 7.09. The summed E-state index contributed by atoms with van der Waals surface area (Å²) < 4.78 is 6.78. The summed E-state index contributed by atoms with van der Waals surface area (Å²) in [6, 6.07) is 7.40. The summed E-state index contributed by atoms with van der Waals surface area (Å²) in [6.45, 7) is 2.57. The van der Waals surface area contributed by atoms with Gasteiger partial charge in [0, 0.05) is 24.2 Å². The van der Waals surface area contributed by atoms with Crippen molar-refractivity contribution in [1.29, 1.82) is 0 Å². The number of hydrogen-bond acceptors (Lipinski definition) is 4. The van der Waals surface area contributed by atoms with Crippen LogP contribution in [0.4, 0.5) is 5.69 Å². The van der Waals surface area contributed by atoms with Crippen molar-refractivity contribution in [2.24, 2.45) is 0 Å². The number of fused-ring (bicyclic) bond motifs is 1. The third-order valence-electron chi connectivity index (χ3n) is 3.41. The Kier molecular flexibility index (Phi) is 4.16. The van der Waals surface area contributed by atoms with Gasteiger partial charge in [0.15, 0.2) is 5.69 Å². The Balaban J connectivity index is 1.85. The molecule has 0 atom stereocenters. The molecule has 0 fully saturated rings. The van der Waals surface area contributed by atoms with Crippen molar-refractivity contribution in [3.8, 4) is 5.75 Å². The number of hydrogen-bond donors (Lipinski definition) is 1. The van der Waals surface area contributed by atoms with Crippen LogP contribution in [-0.4, -0.2) is 27.8 Å². The third kappa shape index (κ3) is 3.12. The topological polar surface area (TPSA) is 69.0 Å². The molecule has 0 spiro atoms. The van der Waals surface area contributed by atoms with E-state index in [0.29, 0.717) is 17.3 Å². The molecule has 2 heterocycles. The van der Waals surface area contributed by atoms with E-state index in [1.807, 2.05) is 31.2 Å². The van der Waals surface area contributed by atoms with E-state index >= 15 is 0 Å². The van der Waals surface area contributed by atoms with E-state index in [4.69, 9.17) is 16.3 Å². The van der Waals surface area contributed by atoms with Gasteiger partial charge in [-0.05, 0) is 25.1 Å². The first kappa shape index (κ1) is 15.3. The second-order valence-corrected chi connectivity index (χ2v) is 5.33. The quantitative estimate of drug-likeness (QED) is 0.796. The van der Waals surface area contributed by atoms with Gasteiger partial charge in [-0.2, -0.15) is 5.10 Å². The van der Waals surface area contributed by atoms with Crippen molar-refractivity contribution in [3.63, 3.8) is 0 Å². The maximum absolute atomic E-state index is 12.3. The van der Waals surface area contributed by atoms with Crippen LogP contribution in [-0.2, 0) is 6.54 Å². The molecular formula is C16H15ClN4O2. The minimum atomic E-state index is -0.364. The highest BCUT2D eigenvalue weighted by atomic mass is 35.5. The number of amides is 1. The van der Waals surface area contributed by atoms with Crippen LogP contribution in [0.2, 0.25) is 5.02 Å². The van der Waals surface area contributed by atoms with Crippen molar-refractivity contribution in [2.75, 3.05) is 12.4 Å². The van der Waals surface area contributed by atoms with Crippen molar-refractivity contribution in [3.05, 3.63) is 47.4 Å². The van der Waals surface area contributed by atoms with Crippen LogP contribution >= 0.6 is 11.6 Å². The highest BCUT2D eigenvalue weighted by Crippen LogP contribution is 2.22. The van der Waals surface area contributed by atoms with E-state index < -0.39 is 0 Å². The fourth-order valence-corrected chi connectivity index (χ4v) is 2.44. The van der Waals surface area contributed by atoms with Gasteiger partial charge < -0.3 is 10.1 Å². The molecule has 1 N–H and O–H groups in total. The number of halogens is 1. The lowest BCUT2D eigenvalue weighted by atomic mass is 10.2. The van der Waals surface area contributed by atoms with Crippen molar-refractivity contribution < 1.29 is 9.53 Å². The van der Waals surface area contributed by atoms with E-state index in [2.05, 4.69) is 15.4 Å². The zero-order chi connectivity index (χ0) is 16.4. The molecular weight excluding hydrogens is 316 g/mol. The standard InChI is InChI=1S/C16H15ClN4O2/c1-3-21-9-13(17)15(20-21)16(22)19-11-6-10-4-5-12(23-2)7-14(10)18-8-11/h4-9H,3H2,1-2H3,(H,19,22). The summed E-state index contributed by atoms with van der Waals surface area (Å²) in [4.78, 5) is 16.6. The average molecular weight is 331 g/mol. The monoisotopic (exact) mass is 330 g/mol. The summed E-state index contributed by atoms with van der Waals surface area (Å²) in [7, 11) is 1.61. The van der Waals surface area contributed by atoms with Crippen LogP contribution in [0.5, 0.6) is 5.75 Å². The summed E-state index contributed by atoms with van der Waals surface area (Å²) in [5.74, 6) is 0.371. The highest BCUT2D eigenvalue weighted by molar-refractivity contribution is 6.34. The van der Waals surface area contributed by atoms with Crippen molar-refractivity contribution in [1.82, 2.24) is 14.8 Å². The highest BCUT2D eigenvalue weighted by Gasteiger charge is 2.15. The Bertz CT molecular complexity index is 876. The number of aryl methyl sites for hydroxylation is 1. The van der Waals surface area contributed by atoms with Gasteiger partial charge in [-0.25, -0.2) is 0 Å². The van der Waals surface area contributed by atoms with Gasteiger partial charge in [-0.3, -0.25) is 14.5 Å². The van der Waals surface area contributed by atoms with Gasteiger partial charge in [0.05, 0.1) is 29.5 Å². The number of nitrogens with zero attached hydrogens (tertiary/aromatic N) is 3. The van der Waals surface area contributed by atoms with Crippen LogP contribution in [0.15, 0.2) is 36.7 Å². The number of pyridine rings is 1. The number of nitrogens with one attached hydrogen (secondary N) is 1. The molecule has 3 aromatic rings. The Hall–Kier alpha value is -2.60. The Morgan fingerprint density at radius 3 is 2.91 bits per heavy atom. The smallest absolute Gasteiger partial charge is 0.277 e.